The Labute approximate surface area is 136 Å². The monoisotopic (exact) mass is 344 g/mol. The van der Waals surface area contributed by atoms with Crippen molar-refractivity contribution in [2.45, 2.75) is 25.1 Å². The Balaban J connectivity index is 2.02. The van der Waals surface area contributed by atoms with Gasteiger partial charge in [-0.1, -0.05) is 17.7 Å². The Morgan fingerprint density at radius 2 is 2.23 bits per heavy atom. The number of nitrogens with zero attached hydrogens (tertiary/aromatic N) is 3. The number of rotatable bonds is 2. The summed E-state index contributed by atoms with van der Waals surface area (Å²) in [4.78, 5) is 10.3. The van der Waals surface area contributed by atoms with Crippen molar-refractivity contribution in [3.05, 3.63) is 29.0 Å². The molecule has 122 valence electrons. The first-order valence-corrected chi connectivity index (χ1v) is 9.06. The molecule has 0 atom stereocenters. The van der Waals surface area contributed by atoms with E-state index in [4.69, 9.17) is 11.6 Å². The second-order valence-corrected chi connectivity index (χ2v) is 9.02. The van der Waals surface area contributed by atoms with Crippen molar-refractivity contribution in [1.29, 1.82) is 0 Å². The van der Waals surface area contributed by atoms with E-state index in [-0.39, 0.29) is 5.75 Å². The molecule has 0 aliphatic carbocycles. The Morgan fingerprint density at radius 3 is 2.77 bits per heavy atom. The first-order chi connectivity index (χ1) is 10.2. The maximum absolute atomic E-state index is 12.1. The van der Waals surface area contributed by atoms with E-state index in [2.05, 4.69) is 15.3 Å². The average Bonchev–Trinajstić information content (AvgIpc) is 2.45. The third kappa shape index (κ3) is 3.70. The quantitative estimate of drug-likeness (QED) is 0.497. The van der Waals surface area contributed by atoms with E-state index in [0.29, 0.717) is 30.7 Å². The van der Waals surface area contributed by atoms with Crippen molar-refractivity contribution in [3.8, 4) is 0 Å². The lowest BCUT2D eigenvalue weighted by Gasteiger charge is -2.39. The van der Waals surface area contributed by atoms with Gasteiger partial charge in [-0.05, 0) is 25.5 Å². The number of sulfone groups is 1. The molecule has 22 heavy (non-hydrogen) atoms. The van der Waals surface area contributed by atoms with E-state index in [1.807, 2.05) is 11.0 Å². The second kappa shape index (κ2) is 6.42. The molecule has 0 amide bonds. The molecule has 1 aromatic rings. The Hall–Kier alpha value is -1.34. The molecule has 2 rings (SSSR count). The average molecular weight is 345 g/mol. The van der Waals surface area contributed by atoms with E-state index >= 15 is 0 Å². The largest absolute Gasteiger partial charge is 0.352 e. The predicted molar refractivity (Wildman–Crippen MR) is 88.9 cm³/mol. The van der Waals surface area contributed by atoms with Gasteiger partial charge < -0.3 is 10.2 Å². The zero-order valence-electron chi connectivity index (χ0n) is 13.0. The van der Waals surface area contributed by atoms with Gasteiger partial charge in [-0.25, -0.2) is 13.4 Å². The van der Waals surface area contributed by atoms with Crippen LogP contribution in [0.15, 0.2) is 23.3 Å². The summed E-state index contributed by atoms with van der Waals surface area (Å²) in [6.07, 6.45) is 1.70. The number of guanidine groups is 1. The molecule has 0 saturated carbocycles. The van der Waals surface area contributed by atoms with Crippen LogP contribution in [0, 0.1) is 0 Å². The van der Waals surface area contributed by atoms with Gasteiger partial charge in [0.25, 0.3) is 0 Å². The third-order valence-corrected chi connectivity index (χ3v) is 6.55. The minimum absolute atomic E-state index is 0.142. The summed E-state index contributed by atoms with van der Waals surface area (Å²) in [5.74, 6) is 0.835. The lowest BCUT2D eigenvalue weighted by atomic mass is 10.2. The van der Waals surface area contributed by atoms with Gasteiger partial charge in [-0.15, -0.1) is 0 Å². The van der Waals surface area contributed by atoms with Crippen molar-refractivity contribution in [2.75, 3.05) is 25.9 Å². The molecule has 0 bridgehead atoms. The molecule has 1 aromatic heterocycles. The summed E-state index contributed by atoms with van der Waals surface area (Å²) in [7, 11) is -1.36. The van der Waals surface area contributed by atoms with Gasteiger partial charge in [0, 0.05) is 32.9 Å². The van der Waals surface area contributed by atoms with E-state index in [0.717, 1.165) is 5.56 Å². The van der Waals surface area contributed by atoms with Crippen LogP contribution < -0.4 is 5.32 Å². The fourth-order valence-electron chi connectivity index (χ4n) is 2.35. The van der Waals surface area contributed by atoms with Gasteiger partial charge in [-0.3, -0.25) is 4.99 Å². The van der Waals surface area contributed by atoms with Crippen molar-refractivity contribution >= 4 is 27.4 Å². The topological polar surface area (TPSA) is 74.7 Å². The maximum Gasteiger partial charge on any atom is 0.193 e. The molecule has 2 heterocycles. The summed E-state index contributed by atoms with van der Waals surface area (Å²) in [5, 5.41) is 3.69. The summed E-state index contributed by atoms with van der Waals surface area (Å²) in [5.41, 5.74) is 0.981. The highest BCUT2D eigenvalue weighted by Gasteiger charge is 2.40. The van der Waals surface area contributed by atoms with Crippen LogP contribution in [0.2, 0.25) is 5.15 Å². The summed E-state index contributed by atoms with van der Waals surface area (Å²) >= 11 is 5.76. The zero-order valence-corrected chi connectivity index (χ0v) is 14.6. The smallest absolute Gasteiger partial charge is 0.193 e. The molecule has 8 heteroatoms. The van der Waals surface area contributed by atoms with Crippen LogP contribution in [0.25, 0.3) is 0 Å². The summed E-state index contributed by atoms with van der Waals surface area (Å²) < 4.78 is 23.4. The van der Waals surface area contributed by atoms with Crippen LogP contribution in [0.4, 0.5) is 0 Å². The lowest BCUT2D eigenvalue weighted by Crippen LogP contribution is -2.57. The van der Waals surface area contributed by atoms with Crippen LogP contribution in [-0.4, -0.2) is 54.9 Å². The second-order valence-electron chi connectivity index (χ2n) is 5.89. The first kappa shape index (κ1) is 17.0. The summed E-state index contributed by atoms with van der Waals surface area (Å²) in [6.45, 7) is 4.94. The van der Waals surface area contributed by atoms with Gasteiger partial charge in [0.15, 0.2) is 15.8 Å². The standard InChI is InChI=1S/C14H21ClN4O2S/c1-14(2)10-19(6-7-22(14,20)21)13(16-3)18-9-11-4-5-12(15)17-8-11/h4-5,8H,6-7,9-10H2,1-3H3,(H,16,18). The summed E-state index contributed by atoms with van der Waals surface area (Å²) in [6, 6.07) is 3.62. The zero-order chi connectivity index (χ0) is 16.4. The van der Waals surface area contributed by atoms with E-state index in [9.17, 15) is 8.42 Å². The molecule has 0 spiro atoms. The SMILES string of the molecule is CN=C(NCc1ccc(Cl)nc1)N1CCS(=O)(=O)C(C)(C)C1. The van der Waals surface area contributed by atoms with Gasteiger partial charge in [0.2, 0.25) is 0 Å². The number of aromatic nitrogens is 1. The fraction of sp³-hybridized carbons (Fsp3) is 0.571. The Morgan fingerprint density at radius 1 is 1.50 bits per heavy atom. The van der Waals surface area contributed by atoms with Crippen molar-refractivity contribution < 1.29 is 8.42 Å². The molecule has 0 aromatic carbocycles. The minimum Gasteiger partial charge on any atom is -0.352 e. The highest BCUT2D eigenvalue weighted by molar-refractivity contribution is 7.92. The normalized spacial score (nSPS) is 20.7. The van der Waals surface area contributed by atoms with E-state index < -0.39 is 14.6 Å². The van der Waals surface area contributed by atoms with Crippen LogP contribution in [0.3, 0.4) is 0 Å². The number of halogens is 1. The van der Waals surface area contributed by atoms with Crippen molar-refractivity contribution in [1.82, 2.24) is 15.2 Å². The van der Waals surface area contributed by atoms with Crippen molar-refractivity contribution in [2.24, 2.45) is 4.99 Å². The number of aliphatic imine (C=N–C) groups is 1. The lowest BCUT2D eigenvalue weighted by molar-refractivity contribution is 0.353. The molecule has 1 aliphatic heterocycles. The molecule has 6 nitrogen and oxygen atoms in total. The van der Waals surface area contributed by atoms with E-state index in [1.54, 1.807) is 33.2 Å². The van der Waals surface area contributed by atoms with Gasteiger partial charge in [-0.2, -0.15) is 0 Å². The predicted octanol–water partition coefficient (Wildman–Crippen LogP) is 1.32. The fourth-order valence-corrected chi connectivity index (χ4v) is 3.83. The van der Waals surface area contributed by atoms with Gasteiger partial charge in [0.05, 0.1) is 10.5 Å². The molecule has 1 fully saturated rings. The molecule has 1 saturated heterocycles. The van der Waals surface area contributed by atoms with Crippen LogP contribution in [0.1, 0.15) is 19.4 Å². The molecular weight excluding hydrogens is 324 g/mol. The highest BCUT2D eigenvalue weighted by atomic mass is 35.5. The van der Waals surface area contributed by atoms with Crippen molar-refractivity contribution in [3.63, 3.8) is 0 Å². The Bertz CT molecular complexity index is 656. The van der Waals surface area contributed by atoms with E-state index in [1.165, 1.54) is 0 Å². The number of pyridine rings is 1. The molecule has 1 aliphatic rings. The third-order valence-electron chi connectivity index (χ3n) is 3.79. The minimum atomic E-state index is -3.06. The highest BCUT2D eigenvalue weighted by Crippen LogP contribution is 2.23. The van der Waals surface area contributed by atoms with Crippen LogP contribution >= 0.6 is 11.6 Å². The molecular formula is C14H21ClN4O2S. The molecule has 0 radical (unpaired) electrons. The number of hydrogen-bond acceptors (Lipinski definition) is 4. The van der Waals surface area contributed by atoms with Gasteiger partial charge >= 0.3 is 0 Å². The van der Waals surface area contributed by atoms with Crippen LogP contribution in [0.5, 0.6) is 0 Å². The van der Waals surface area contributed by atoms with Crippen LogP contribution in [-0.2, 0) is 16.4 Å². The first-order valence-electron chi connectivity index (χ1n) is 7.03. The molecule has 1 N–H and O–H groups in total. The Kier molecular flexibility index (Phi) is 4.97. The molecule has 0 unspecified atom stereocenters. The van der Waals surface area contributed by atoms with Gasteiger partial charge in [0.1, 0.15) is 5.15 Å². The number of hydrogen-bond donors (Lipinski definition) is 1. The maximum atomic E-state index is 12.1. The number of nitrogens with one attached hydrogen (secondary N) is 1.